The van der Waals surface area contributed by atoms with Crippen LogP contribution in [0.3, 0.4) is 0 Å². The third-order valence-electron chi connectivity index (χ3n) is 5.53. The highest BCUT2D eigenvalue weighted by Gasteiger charge is 2.47. The number of ether oxygens (including phenoxy) is 2. The monoisotopic (exact) mass is 483 g/mol. The molecule has 1 saturated heterocycles. The fraction of sp³-hybridized carbons (Fsp3) is 0.154. The molecule has 1 heterocycles. The number of carbonyl (C=O) groups excluding carboxylic acids is 2. The predicted molar refractivity (Wildman–Crippen MR) is 122 cm³/mol. The van der Waals surface area contributed by atoms with Gasteiger partial charge in [0.15, 0.2) is 0 Å². The number of halogens is 3. The molecule has 1 amide bonds. The number of methoxy groups -OCH3 is 1. The van der Waals surface area contributed by atoms with Crippen molar-refractivity contribution in [3.63, 3.8) is 0 Å². The Hall–Kier alpha value is -4.27. The number of benzene rings is 3. The second-order valence-electron chi connectivity index (χ2n) is 7.85. The van der Waals surface area contributed by atoms with E-state index in [1.165, 1.54) is 19.2 Å². The first-order valence-electron chi connectivity index (χ1n) is 10.5. The van der Waals surface area contributed by atoms with Gasteiger partial charge in [-0.25, -0.2) is 0 Å². The maximum absolute atomic E-state index is 13.1. The Kier molecular flexibility index (Phi) is 6.26. The Morgan fingerprint density at radius 1 is 0.943 bits per heavy atom. The van der Waals surface area contributed by atoms with Gasteiger partial charge in [-0.15, -0.1) is 13.2 Å². The van der Waals surface area contributed by atoms with Crippen LogP contribution in [0.2, 0.25) is 0 Å². The van der Waals surface area contributed by atoms with E-state index in [9.17, 15) is 27.9 Å². The van der Waals surface area contributed by atoms with E-state index in [2.05, 4.69) is 4.74 Å². The topological polar surface area (TPSA) is 76.1 Å². The molecular formula is C26H20F3NO5. The number of ketones is 1. The fourth-order valence-corrected chi connectivity index (χ4v) is 3.90. The molecule has 0 spiro atoms. The maximum Gasteiger partial charge on any atom is 0.573 e. The van der Waals surface area contributed by atoms with E-state index < -0.39 is 29.8 Å². The van der Waals surface area contributed by atoms with Gasteiger partial charge >= 0.3 is 6.36 Å². The lowest BCUT2D eigenvalue weighted by molar-refractivity contribution is -0.274. The summed E-state index contributed by atoms with van der Waals surface area (Å²) in [6.07, 6.45) is -4.88. The van der Waals surface area contributed by atoms with Crippen LogP contribution in [0.15, 0.2) is 78.4 Å². The summed E-state index contributed by atoms with van der Waals surface area (Å²) >= 11 is 0. The molecule has 4 rings (SSSR count). The number of aliphatic hydroxyl groups is 1. The first kappa shape index (κ1) is 23.9. The Morgan fingerprint density at radius 3 is 2.20 bits per heavy atom. The van der Waals surface area contributed by atoms with Crippen LogP contribution in [-0.4, -0.2) is 30.3 Å². The number of nitrogens with zero attached hydrogens (tertiary/aromatic N) is 1. The molecular weight excluding hydrogens is 463 g/mol. The van der Waals surface area contributed by atoms with Gasteiger partial charge in [-0.05, 0) is 48.9 Å². The molecule has 1 aliphatic heterocycles. The number of carbonyl (C=O) groups is 2. The molecule has 1 aliphatic rings. The molecule has 3 aromatic rings. The molecule has 0 aromatic heterocycles. The first-order valence-corrected chi connectivity index (χ1v) is 10.5. The molecule has 0 bridgehead atoms. The molecule has 1 atom stereocenters. The summed E-state index contributed by atoms with van der Waals surface area (Å²) < 4.78 is 46.9. The lowest BCUT2D eigenvalue weighted by Crippen LogP contribution is -2.29. The van der Waals surface area contributed by atoms with Gasteiger partial charge in [0, 0.05) is 11.3 Å². The lowest BCUT2D eigenvalue weighted by atomic mass is 9.94. The number of hydrogen-bond acceptors (Lipinski definition) is 5. The standard InChI is InChI=1S/C26H20F3NO5/c1-15-6-8-16(9-7-15)23(31)21-22(17-4-3-5-20(14-17)34-2)30(25(33)24(21)32)18-10-12-19(13-11-18)35-26(27,28)29/h3-14,22,31H,1-2H3/b23-21-. The zero-order valence-electron chi connectivity index (χ0n) is 18.7. The van der Waals surface area contributed by atoms with Crippen molar-refractivity contribution in [2.45, 2.75) is 19.3 Å². The molecule has 3 aromatic carbocycles. The molecule has 1 N–H and O–H groups in total. The van der Waals surface area contributed by atoms with Crippen LogP contribution >= 0.6 is 0 Å². The van der Waals surface area contributed by atoms with Crippen molar-refractivity contribution in [2.75, 3.05) is 12.0 Å². The number of aryl methyl sites for hydroxylation is 1. The summed E-state index contributed by atoms with van der Waals surface area (Å²) in [5.74, 6) is -2.24. The van der Waals surface area contributed by atoms with Crippen molar-refractivity contribution < 1.29 is 37.3 Å². The summed E-state index contributed by atoms with van der Waals surface area (Å²) in [6.45, 7) is 1.87. The van der Waals surface area contributed by atoms with E-state index in [1.54, 1.807) is 48.5 Å². The van der Waals surface area contributed by atoms with E-state index in [1.807, 2.05) is 6.92 Å². The number of anilines is 1. The predicted octanol–water partition coefficient (Wildman–Crippen LogP) is 5.53. The van der Waals surface area contributed by atoms with Gasteiger partial charge < -0.3 is 14.6 Å². The fourth-order valence-electron chi connectivity index (χ4n) is 3.90. The van der Waals surface area contributed by atoms with E-state index in [-0.39, 0.29) is 17.0 Å². The van der Waals surface area contributed by atoms with Crippen molar-refractivity contribution in [1.82, 2.24) is 0 Å². The summed E-state index contributed by atoms with van der Waals surface area (Å²) in [7, 11) is 1.46. The summed E-state index contributed by atoms with van der Waals surface area (Å²) in [5, 5.41) is 11.1. The third kappa shape index (κ3) is 4.84. The Bertz CT molecular complexity index is 1300. The van der Waals surface area contributed by atoms with Gasteiger partial charge in [-0.1, -0.05) is 42.0 Å². The Labute approximate surface area is 198 Å². The maximum atomic E-state index is 13.1. The second kappa shape index (κ2) is 9.17. The van der Waals surface area contributed by atoms with Gasteiger partial charge in [0.05, 0.1) is 18.7 Å². The van der Waals surface area contributed by atoms with Crippen molar-refractivity contribution in [2.24, 2.45) is 0 Å². The van der Waals surface area contributed by atoms with Crippen molar-refractivity contribution in [3.8, 4) is 11.5 Å². The molecule has 1 fully saturated rings. The first-order chi connectivity index (χ1) is 16.6. The molecule has 180 valence electrons. The van der Waals surface area contributed by atoms with Gasteiger partial charge in [0.1, 0.15) is 17.3 Å². The highest BCUT2D eigenvalue weighted by atomic mass is 19.4. The van der Waals surface area contributed by atoms with Crippen molar-refractivity contribution in [3.05, 3.63) is 95.1 Å². The quantitative estimate of drug-likeness (QED) is 0.294. The molecule has 0 aliphatic carbocycles. The highest BCUT2D eigenvalue weighted by Crippen LogP contribution is 2.43. The van der Waals surface area contributed by atoms with Crippen LogP contribution in [0.4, 0.5) is 18.9 Å². The normalized spacial score (nSPS) is 17.5. The zero-order chi connectivity index (χ0) is 25.3. The smallest absolute Gasteiger partial charge is 0.507 e. The number of alkyl halides is 3. The van der Waals surface area contributed by atoms with Crippen molar-refractivity contribution in [1.29, 1.82) is 0 Å². The van der Waals surface area contributed by atoms with Crippen LogP contribution in [0.1, 0.15) is 22.7 Å². The van der Waals surface area contributed by atoms with E-state index in [0.29, 0.717) is 16.9 Å². The summed E-state index contributed by atoms with van der Waals surface area (Å²) in [5.41, 5.74) is 1.75. The van der Waals surface area contributed by atoms with E-state index in [0.717, 1.165) is 22.6 Å². The average Bonchev–Trinajstić information content (AvgIpc) is 3.09. The van der Waals surface area contributed by atoms with Crippen LogP contribution in [0.25, 0.3) is 5.76 Å². The van der Waals surface area contributed by atoms with E-state index in [4.69, 9.17) is 4.74 Å². The van der Waals surface area contributed by atoms with Gasteiger partial charge in [0.25, 0.3) is 11.7 Å². The highest BCUT2D eigenvalue weighted by molar-refractivity contribution is 6.51. The summed E-state index contributed by atoms with van der Waals surface area (Å²) in [4.78, 5) is 27.4. The minimum Gasteiger partial charge on any atom is -0.507 e. The van der Waals surface area contributed by atoms with Gasteiger partial charge in [-0.3, -0.25) is 14.5 Å². The Balaban J connectivity index is 1.86. The molecule has 0 radical (unpaired) electrons. The largest absolute Gasteiger partial charge is 0.573 e. The molecule has 6 nitrogen and oxygen atoms in total. The van der Waals surface area contributed by atoms with E-state index >= 15 is 0 Å². The zero-order valence-corrected chi connectivity index (χ0v) is 18.7. The minimum absolute atomic E-state index is 0.150. The summed E-state index contributed by atoms with van der Waals surface area (Å²) in [6, 6.07) is 16.9. The SMILES string of the molecule is COc1cccc(C2/C(=C(/O)c3ccc(C)cc3)C(=O)C(=O)N2c2ccc(OC(F)(F)F)cc2)c1. The number of aliphatic hydroxyl groups excluding tert-OH is 1. The van der Waals surface area contributed by atoms with Gasteiger partial charge in [0.2, 0.25) is 0 Å². The number of amides is 1. The number of hydrogen-bond donors (Lipinski definition) is 1. The van der Waals surface area contributed by atoms with Crippen LogP contribution in [0.5, 0.6) is 11.5 Å². The Morgan fingerprint density at radius 2 is 1.60 bits per heavy atom. The molecule has 0 saturated carbocycles. The number of rotatable bonds is 5. The average molecular weight is 483 g/mol. The molecule has 9 heteroatoms. The molecule has 1 unspecified atom stereocenters. The van der Waals surface area contributed by atoms with Crippen LogP contribution in [-0.2, 0) is 9.59 Å². The minimum atomic E-state index is -4.88. The lowest BCUT2D eigenvalue weighted by Gasteiger charge is -2.26. The molecule has 35 heavy (non-hydrogen) atoms. The van der Waals surface area contributed by atoms with Crippen LogP contribution < -0.4 is 14.4 Å². The van der Waals surface area contributed by atoms with Crippen molar-refractivity contribution >= 4 is 23.1 Å². The van der Waals surface area contributed by atoms with Crippen LogP contribution in [0, 0.1) is 6.92 Å². The number of Topliss-reactive ketones (excluding diaryl/α,β-unsaturated/α-hetero) is 1. The third-order valence-corrected chi connectivity index (χ3v) is 5.53. The van der Waals surface area contributed by atoms with Gasteiger partial charge in [-0.2, -0.15) is 0 Å². The second-order valence-corrected chi connectivity index (χ2v) is 7.85.